The van der Waals surface area contributed by atoms with Gasteiger partial charge in [0.15, 0.2) is 5.96 Å². The zero-order chi connectivity index (χ0) is 19.2. The van der Waals surface area contributed by atoms with E-state index >= 15 is 0 Å². The third-order valence-electron chi connectivity index (χ3n) is 5.75. The van der Waals surface area contributed by atoms with Gasteiger partial charge >= 0.3 is 0 Å². The standard InChI is InChI=1S/C23H30N4O.HI/c1-24-23(27-12-11-21(18-27)19-7-3-2-4-8-19)25-17-20-9-5-6-10-22(20)26-13-15-28-16-14-26;/h2-10,21H,11-18H2,1H3,(H,24,25);1H. The number of ether oxygens (including phenoxy) is 1. The van der Waals surface area contributed by atoms with Crippen LogP contribution >= 0.6 is 24.0 Å². The Kier molecular flexibility index (Phi) is 8.18. The highest BCUT2D eigenvalue weighted by Crippen LogP contribution is 2.27. The van der Waals surface area contributed by atoms with Crippen molar-refractivity contribution in [3.05, 3.63) is 65.7 Å². The van der Waals surface area contributed by atoms with Crippen molar-refractivity contribution in [2.45, 2.75) is 18.9 Å². The van der Waals surface area contributed by atoms with Crippen LogP contribution in [0.2, 0.25) is 0 Å². The molecule has 1 unspecified atom stereocenters. The van der Waals surface area contributed by atoms with E-state index in [0.717, 1.165) is 51.9 Å². The molecular weight excluding hydrogens is 475 g/mol. The van der Waals surface area contributed by atoms with Crippen molar-refractivity contribution in [3.8, 4) is 0 Å². The van der Waals surface area contributed by atoms with E-state index in [4.69, 9.17) is 4.74 Å². The first-order valence-corrected chi connectivity index (χ1v) is 10.3. The molecule has 2 aromatic carbocycles. The lowest BCUT2D eigenvalue weighted by molar-refractivity contribution is 0.122. The van der Waals surface area contributed by atoms with E-state index in [2.05, 4.69) is 74.7 Å². The summed E-state index contributed by atoms with van der Waals surface area (Å²) in [7, 11) is 1.88. The van der Waals surface area contributed by atoms with Crippen LogP contribution < -0.4 is 10.2 Å². The topological polar surface area (TPSA) is 40.1 Å². The van der Waals surface area contributed by atoms with Gasteiger partial charge in [-0.3, -0.25) is 4.99 Å². The molecule has 2 aliphatic heterocycles. The Hall–Kier alpha value is -1.80. The van der Waals surface area contributed by atoms with Gasteiger partial charge in [0.2, 0.25) is 0 Å². The third kappa shape index (κ3) is 5.42. The summed E-state index contributed by atoms with van der Waals surface area (Å²) in [5.74, 6) is 1.58. The monoisotopic (exact) mass is 506 g/mol. The van der Waals surface area contributed by atoms with Crippen LogP contribution in [0.3, 0.4) is 0 Å². The summed E-state index contributed by atoms with van der Waals surface area (Å²) in [4.78, 5) is 9.36. The Labute approximate surface area is 191 Å². The van der Waals surface area contributed by atoms with Gasteiger partial charge in [0.25, 0.3) is 0 Å². The Morgan fingerprint density at radius 3 is 2.52 bits per heavy atom. The largest absolute Gasteiger partial charge is 0.378 e. The summed E-state index contributed by atoms with van der Waals surface area (Å²) in [6.07, 6.45) is 1.18. The van der Waals surface area contributed by atoms with Crippen molar-refractivity contribution < 1.29 is 4.74 Å². The van der Waals surface area contributed by atoms with E-state index in [1.54, 1.807) is 0 Å². The maximum atomic E-state index is 5.51. The van der Waals surface area contributed by atoms with Crippen LogP contribution in [-0.2, 0) is 11.3 Å². The van der Waals surface area contributed by atoms with Crippen LogP contribution in [0.5, 0.6) is 0 Å². The van der Waals surface area contributed by atoms with Crippen LogP contribution in [0.25, 0.3) is 0 Å². The van der Waals surface area contributed by atoms with Crippen LogP contribution in [0.1, 0.15) is 23.5 Å². The number of nitrogens with one attached hydrogen (secondary N) is 1. The first kappa shape index (κ1) is 21.9. The molecule has 0 aromatic heterocycles. The summed E-state index contributed by atoms with van der Waals surface area (Å²) in [5.41, 5.74) is 4.04. The number of guanidine groups is 1. The lowest BCUT2D eigenvalue weighted by atomic mass is 9.99. The average Bonchev–Trinajstić information content (AvgIpc) is 3.26. The van der Waals surface area contributed by atoms with Gasteiger partial charge in [-0.2, -0.15) is 0 Å². The van der Waals surface area contributed by atoms with Gasteiger partial charge in [-0.25, -0.2) is 0 Å². The Bertz CT molecular complexity index is 792. The highest BCUT2D eigenvalue weighted by atomic mass is 127. The van der Waals surface area contributed by atoms with E-state index < -0.39 is 0 Å². The van der Waals surface area contributed by atoms with E-state index in [0.29, 0.717) is 5.92 Å². The number of benzene rings is 2. The second kappa shape index (κ2) is 10.8. The molecule has 0 spiro atoms. The number of likely N-dealkylation sites (tertiary alicyclic amines) is 1. The van der Waals surface area contributed by atoms with Crippen LogP contribution in [-0.4, -0.2) is 57.3 Å². The number of para-hydroxylation sites is 1. The van der Waals surface area contributed by atoms with Gasteiger partial charge < -0.3 is 19.9 Å². The van der Waals surface area contributed by atoms with Crippen LogP contribution in [0.15, 0.2) is 59.6 Å². The first-order chi connectivity index (χ1) is 13.8. The fourth-order valence-electron chi connectivity index (χ4n) is 4.23. The van der Waals surface area contributed by atoms with Gasteiger partial charge in [0, 0.05) is 51.4 Å². The Morgan fingerprint density at radius 2 is 1.76 bits per heavy atom. The number of nitrogens with zero attached hydrogens (tertiary/aromatic N) is 3. The van der Waals surface area contributed by atoms with Gasteiger partial charge in [-0.15, -0.1) is 24.0 Å². The smallest absolute Gasteiger partial charge is 0.193 e. The summed E-state index contributed by atoms with van der Waals surface area (Å²) < 4.78 is 5.51. The molecule has 0 radical (unpaired) electrons. The molecule has 2 aliphatic rings. The number of morpholine rings is 1. The molecular formula is C23H31IN4O. The molecule has 0 saturated carbocycles. The average molecular weight is 506 g/mol. The second-order valence-corrected chi connectivity index (χ2v) is 7.47. The zero-order valence-electron chi connectivity index (χ0n) is 17.1. The molecule has 5 nitrogen and oxygen atoms in total. The molecule has 2 aromatic rings. The highest BCUT2D eigenvalue weighted by molar-refractivity contribution is 14.0. The number of halogens is 1. The molecule has 29 heavy (non-hydrogen) atoms. The summed E-state index contributed by atoms with van der Waals surface area (Å²) >= 11 is 0. The number of hydrogen-bond donors (Lipinski definition) is 1. The quantitative estimate of drug-likeness (QED) is 0.390. The van der Waals surface area contributed by atoms with Crippen LogP contribution in [0.4, 0.5) is 5.69 Å². The molecule has 2 fully saturated rings. The molecule has 0 aliphatic carbocycles. The molecule has 1 N–H and O–H groups in total. The van der Waals surface area contributed by atoms with Gasteiger partial charge in [0.05, 0.1) is 13.2 Å². The van der Waals surface area contributed by atoms with Crippen molar-refractivity contribution in [3.63, 3.8) is 0 Å². The van der Waals surface area contributed by atoms with Crippen molar-refractivity contribution in [1.82, 2.24) is 10.2 Å². The lowest BCUT2D eigenvalue weighted by Crippen LogP contribution is -2.40. The molecule has 4 rings (SSSR count). The van der Waals surface area contributed by atoms with E-state index in [-0.39, 0.29) is 24.0 Å². The van der Waals surface area contributed by atoms with Crippen molar-refractivity contribution in [2.75, 3.05) is 51.3 Å². The number of rotatable bonds is 4. The minimum atomic E-state index is 0. The third-order valence-corrected chi connectivity index (χ3v) is 5.75. The van der Waals surface area contributed by atoms with Gasteiger partial charge in [0.1, 0.15) is 0 Å². The number of aliphatic imine (C=N–C) groups is 1. The highest BCUT2D eigenvalue weighted by Gasteiger charge is 2.26. The van der Waals surface area contributed by atoms with Gasteiger partial charge in [-0.1, -0.05) is 48.5 Å². The minimum Gasteiger partial charge on any atom is -0.378 e. The van der Waals surface area contributed by atoms with E-state index in [1.807, 2.05) is 7.05 Å². The molecule has 2 saturated heterocycles. The van der Waals surface area contributed by atoms with Gasteiger partial charge in [-0.05, 0) is 23.6 Å². The first-order valence-electron chi connectivity index (χ1n) is 10.3. The molecule has 6 heteroatoms. The fourth-order valence-corrected chi connectivity index (χ4v) is 4.23. The Balaban J connectivity index is 0.00000240. The van der Waals surface area contributed by atoms with Crippen LogP contribution in [0, 0.1) is 0 Å². The zero-order valence-corrected chi connectivity index (χ0v) is 19.4. The summed E-state index contributed by atoms with van der Waals surface area (Å²) in [5, 5.41) is 3.60. The lowest BCUT2D eigenvalue weighted by Gasteiger charge is -2.31. The molecule has 1 atom stereocenters. The predicted octanol–water partition coefficient (Wildman–Crippen LogP) is 3.71. The van der Waals surface area contributed by atoms with Crippen molar-refractivity contribution in [1.29, 1.82) is 0 Å². The molecule has 0 amide bonds. The number of hydrogen-bond acceptors (Lipinski definition) is 3. The minimum absolute atomic E-state index is 0. The maximum absolute atomic E-state index is 5.51. The maximum Gasteiger partial charge on any atom is 0.193 e. The summed E-state index contributed by atoms with van der Waals surface area (Å²) in [6, 6.07) is 19.5. The summed E-state index contributed by atoms with van der Waals surface area (Å²) in [6.45, 7) is 6.37. The van der Waals surface area contributed by atoms with E-state index in [9.17, 15) is 0 Å². The molecule has 2 heterocycles. The number of anilines is 1. The molecule has 156 valence electrons. The normalized spacial score (nSPS) is 19.8. The SMILES string of the molecule is CN=C(NCc1ccccc1N1CCOCC1)N1CCC(c2ccccc2)C1.I. The molecule has 0 bridgehead atoms. The Morgan fingerprint density at radius 1 is 1.03 bits per heavy atom. The van der Waals surface area contributed by atoms with E-state index in [1.165, 1.54) is 23.2 Å². The van der Waals surface area contributed by atoms with Crippen molar-refractivity contribution >= 4 is 35.6 Å². The second-order valence-electron chi connectivity index (χ2n) is 7.47. The fraction of sp³-hybridized carbons (Fsp3) is 0.435. The van der Waals surface area contributed by atoms with Crippen molar-refractivity contribution in [2.24, 2.45) is 4.99 Å². The predicted molar refractivity (Wildman–Crippen MR) is 130 cm³/mol.